The number of pyridine rings is 1. The van der Waals surface area contributed by atoms with Gasteiger partial charge in [0.15, 0.2) is 10.2 Å². The molecule has 0 aliphatic carbocycles. The summed E-state index contributed by atoms with van der Waals surface area (Å²) in [6, 6.07) is 8.47. The highest BCUT2D eigenvalue weighted by molar-refractivity contribution is 7.80. The summed E-state index contributed by atoms with van der Waals surface area (Å²) in [5.74, 6) is 0. The Morgan fingerprint density at radius 1 is 1.20 bits per heavy atom. The molecule has 30 heavy (non-hydrogen) atoms. The lowest BCUT2D eigenvalue weighted by atomic mass is 9.96. The van der Waals surface area contributed by atoms with Crippen molar-refractivity contribution in [3.8, 4) is 5.13 Å². The van der Waals surface area contributed by atoms with Gasteiger partial charge in [-0.2, -0.15) is 0 Å². The Kier molecular flexibility index (Phi) is 6.17. The maximum Gasteiger partial charge on any atom is 0.193 e. The molecule has 0 radical (unpaired) electrons. The van der Waals surface area contributed by atoms with Crippen LogP contribution in [0.3, 0.4) is 0 Å². The molecule has 6 nitrogen and oxygen atoms in total. The largest absolute Gasteiger partial charge is 0.352 e. The molecular weight excluding hydrogens is 412 g/mol. The molecule has 0 spiro atoms. The van der Waals surface area contributed by atoms with Crippen LogP contribution in [0, 0.1) is 13.8 Å². The molecule has 1 saturated heterocycles. The van der Waals surface area contributed by atoms with Crippen LogP contribution in [0.25, 0.3) is 5.13 Å². The monoisotopic (exact) mass is 440 g/mol. The Hall–Kier alpha value is -2.29. The number of nitrogens with one attached hydrogen (secondary N) is 1. The van der Waals surface area contributed by atoms with Gasteiger partial charge in [-0.05, 0) is 76.9 Å². The van der Waals surface area contributed by atoms with Crippen molar-refractivity contribution < 1.29 is 0 Å². The third-order valence-electron chi connectivity index (χ3n) is 5.60. The van der Waals surface area contributed by atoms with Crippen molar-refractivity contribution in [1.82, 2.24) is 29.7 Å². The maximum atomic E-state index is 5.79. The van der Waals surface area contributed by atoms with E-state index >= 15 is 0 Å². The minimum atomic E-state index is 0.0169. The van der Waals surface area contributed by atoms with Gasteiger partial charge in [0.2, 0.25) is 0 Å². The molecular formula is C22H28N6S2. The number of aryl methyl sites for hydroxylation is 1. The zero-order chi connectivity index (χ0) is 21.3. The van der Waals surface area contributed by atoms with E-state index in [9.17, 15) is 0 Å². The SMILES string of the molecule is Cc1cc([C@@H]2[C@H](c3ccccn3)NC(=S)N2CCCN(C)C)c(C)n1-c1nccs1. The molecule has 158 valence electrons. The summed E-state index contributed by atoms with van der Waals surface area (Å²) in [6.07, 6.45) is 4.76. The standard InChI is InChI=1S/C22H28N6S2/c1-15-14-17(16(2)28(15)22-24-10-13-30-22)20-19(18-8-5-6-9-23-18)25-21(29)27(20)12-7-11-26(3)4/h5-6,8-10,13-14,19-20H,7,11-12H2,1-4H3,(H,25,29)/t19-,20+/m0/s1. The summed E-state index contributed by atoms with van der Waals surface area (Å²) in [7, 11) is 4.22. The first-order valence-corrected chi connectivity index (χ1v) is 11.5. The minimum absolute atomic E-state index is 0.0169. The van der Waals surface area contributed by atoms with Gasteiger partial charge in [-0.3, -0.25) is 9.55 Å². The minimum Gasteiger partial charge on any atom is -0.352 e. The normalized spacial score (nSPS) is 19.0. The van der Waals surface area contributed by atoms with Crippen molar-refractivity contribution in [2.45, 2.75) is 32.4 Å². The Labute approximate surface area is 187 Å². The highest BCUT2D eigenvalue weighted by atomic mass is 32.1. The first-order chi connectivity index (χ1) is 14.5. The highest BCUT2D eigenvalue weighted by Crippen LogP contribution is 2.41. The van der Waals surface area contributed by atoms with Crippen molar-refractivity contribution in [3.63, 3.8) is 0 Å². The quantitative estimate of drug-likeness (QED) is 0.563. The third kappa shape index (κ3) is 3.99. The zero-order valence-corrected chi connectivity index (χ0v) is 19.5. The predicted octanol–water partition coefficient (Wildman–Crippen LogP) is 3.87. The number of aromatic nitrogens is 3. The predicted molar refractivity (Wildman–Crippen MR) is 126 cm³/mol. The lowest BCUT2D eigenvalue weighted by Crippen LogP contribution is -2.32. The molecule has 1 aliphatic heterocycles. The van der Waals surface area contributed by atoms with Crippen molar-refractivity contribution in [2.75, 3.05) is 27.2 Å². The van der Waals surface area contributed by atoms with Gasteiger partial charge in [-0.1, -0.05) is 6.07 Å². The Bertz CT molecular complexity index is 996. The summed E-state index contributed by atoms with van der Waals surface area (Å²) in [5.41, 5.74) is 4.68. The average Bonchev–Trinajstić information content (AvgIpc) is 3.41. The van der Waals surface area contributed by atoms with Gasteiger partial charge in [0.05, 0.1) is 17.8 Å². The van der Waals surface area contributed by atoms with Crippen LogP contribution in [-0.4, -0.2) is 56.6 Å². The van der Waals surface area contributed by atoms with E-state index in [1.807, 2.05) is 29.9 Å². The van der Waals surface area contributed by atoms with Crippen LogP contribution in [-0.2, 0) is 0 Å². The molecule has 3 aromatic rings. The second-order valence-corrected chi connectivity index (χ2v) is 9.21. The van der Waals surface area contributed by atoms with Crippen LogP contribution in [0.2, 0.25) is 0 Å². The highest BCUT2D eigenvalue weighted by Gasteiger charge is 2.41. The van der Waals surface area contributed by atoms with Crippen LogP contribution in [0.15, 0.2) is 42.0 Å². The molecule has 4 rings (SSSR count). The van der Waals surface area contributed by atoms with E-state index in [0.29, 0.717) is 0 Å². The third-order valence-corrected chi connectivity index (χ3v) is 6.71. The van der Waals surface area contributed by atoms with Crippen LogP contribution in [0.5, 0.6) is 0 Å². The number of hydrogen-bond donors (Lipinski definition) is 1. The van der Waals surface area contributed by atoms with Gasteiger partial charge < -0.3 is 15.1 Å². The Morgan fingerprint density at radius 3 is 2.70 bits per heavy atom. The number of hydrogen-bond acceptors (Lipinski definition) is 5. The molecule has 1 aliphatic rings. The fourth-order valence-corrected chi connectivity index (χ4v) is 5.33. The van der Waals surface area contributed by atoms with Crippen molar-refractivity contribution in [3.05, 3.63) is 64.7 Å². The van der Waals surface area contributed by atoms with Gasteiger partial charge in [0, 0.05) is 35.7 Å². The number of rotatable bonds is 7. The van der Waals surface area contributed by atoms with Crippen LogP contribution in [0.1, 0.15) is 41.1 Å². The zero-order valence-electron chi connectivity index (χ0n) is 17.9. The van der Waals surface area contributed by atoms with Crippen LogP contribution < -0.4 is 5.32 Å². The second-order valence-electron chi connectivity index (χ2n) is 7.95. The maximum absolute atomic E-state index is 5.79. The van der Waals surface area contributed by atoms with Gasteiger partial charge in [0.25, 0.3) is 0 Å². The lowest BCUT2D eigenvalue weighted by Gasteiger charge is -2.28. The van der Waals surface area contributed by atoms with E-state index in [-0.39, 0.29) is 12.1 Å². The van der Waals surface area contributed by atoms with Crippen LogP contribution >= 0.6 is 23.6 Å². The fraction of sp³-hybridized carbons (Fsp3) is 0.409. The first kappa shape index (κ1) is 21.0. The number of nitrogens with zero attached hydrogens (tertiary/aromatic N) is 5. The molecule has 2 atom stereocenters. The summed E-state index contributed by atoms with van der Waals surface area (Å²) >= 11 is 7.45. The molecule has 4 heterocycles. The van der Waals surface area contributed by atoms with Gasteiger partial charge >= 0.3 is 0 Å². The van der Waals surface area contributed by atoms with Crippen molar-refractivity contribution in [2.24, 2.45) is 0 Å². The van der Waals surface area contributed by atoms with E-state index < -0.39 is 0 Å². The Balaban J connectivity index is 1.75. The van der Waals surface area contributed by atoms with Gasteiger partial charge in [-0.15, -0.1) is 11.3 Å². The molecule has 8 heteroatoms. The Morgan fingerprint density at radius 2 is 2.03 bits per heavy atom. The molecule has 0 unspecified atom stereocenters. The molecule has 0 aromatic carbocycles. The number of thiazole rings is 1. The first-order valence-electron chi connectivity index (χ1n) is 10.2. The molecule has 1 N–H and O–H groups in total. The molecule has 1 fully saturated rings. The molecule has 0 saturated carbocycles. The smallest absolute Gasteiger partial charge is 0.193 e. The topological polar surface area (TPSA) is 49.2 Å². The van der Waals surface area contributed by atoms with E-state index in [1.165, 1.54) is 17.0 Å². The molecule has 0 bridgehead atoms. The van der Waals surface area contributed by atoms with Gasteiger partial charge in [-0.25, -0.2) is 4.98 Å². The lowest BCUT2D eigenvalue weighted by molar-refractivity contribution is 0.292. The fourth-order valence-electron chi connectivity index (χ4n) is 4.25. The van der Waals surface area contributed by atoms with Gasteiger partial charge in [0.1, 0.15) is 0 Å². The molecule has 3 aromatic heterocycles. The summed E-state index contributed by atoms with van der Waals surface area (Å²) in [6.45, 7) is 6.25. The van der Waals surface area contributed by atoms with E-state index in [4.69, 9.17) is 12.2 Å². The van der Waals surface area contributed by atoms with Crippen molar-refractivity contribution in [1.29, 1.82) is 0 Å². The van der Waals surface area contributed by atoms with E-state index in [0.717, 1.165) is 35.4 Å². The molecule has 0 amide bonds. The number of thiocarbonyl (C=S) groups is 1. The van der Waals surface area contributed by atoms with E-state index in [2.05, 4.69) is 69.7 Å². The summed E-state index contributed by atoms with van der Waals surface area (Å²) in [5, 5.41) is 7.37. The van der Waals surface area contributed by atoms with Crippen LogP contribution in [0.4, 0.5) is 0 Å². The van der Waals surface area contributed by atoms with E-state index in [1.54, 1.807) is 11.3 Å². The average molecular weight is 441 g/mol. The summed E-state index contributed by atoms with van der Waals surface area (Å²) in [4.78, 5) is 13.7. The summed E-state index contributed by atoms with van der Waals surface area (Å²) < 4.78 is 2.24. The second kappa shape index (κ2) is 8.83. The van der Waals surface area contributed by atoms with Crippen molar-refractivity contribution >= 4 is 28.7 Å².